The Bertz CT molecular complexity index is 337. The second kappa shape index (κ2) is 4.23. The molecule has 0 radical (unpaired) electrons. The summed E-state index contributed by atoms with van der Waals surface area (Å²) in [6.45, 7) is 7.17. The molecule has 0 aliphatic carbocycles. The predicted molar refractivity (Wildman–Crippen MR) is 64.2 cm³/mol. The Hall–Kier alpha value is -1.02. The van der Waals surface area contributed by atoms with Gasteiger partial charge < -0.3 is 10.0 Å². The molecule has 1 N–H and O–H groups in total. The predicted octanol–water partition coefficient (Wildman–Crippen LogP) is 2.75. The van der Waals surface area contributed by atoms with E-state index in [1.165, 1.54) is 0 Å². The Labute approximate surface area is 92.5 Å². The van der Waals surface area contributed by atoms with Crippen LogP contribution in [0.5, 0.6) is 5.75 Å². The molecule has 1 aromatic carbocycles. The normalized spacial score (nSPS) is 12.1. The third kappa shape index (κ3) is 3.24. The first-order valence-corrected chi connectivity index (χ1v) is 5.28. The summed E-state index contributed by atoms with van der Waals surface area (Å²) in [6.07, 6.45) is 0. The third-order valence-corrected chi connectivity index (χ3v) is 2.37. The summed E-state index contributed by atoms with van der Waals surface area (Å²) < 4.78 is 0. The molecule has 0 saturated heterocycles. The highest BCUT2D eigenvalue weighted by atomic mass is 16.3. The van der Waals surface area contributed by atoms with Crippen molar-refractivity contribution in [3.63, 3.8) is 0 Å². The van der Waals surface area contributed by atoms with Crippen LogP contribution < -0.4 is 0 Å². The summed E-state index contributed by atoms with van der Waals surface area (Å²) >= 11 is 0. The number of benzene rings is 1. The first kappa shape index (κ1) is 12.1. The zero-order valence-corrected chi connectivity index (χ0v) is 10.3. The van der Waals surface area contributed by atoms with Crippen molar-refractivity contribution in [1.82, 2.24) is 4.90 Å². The van der Waals surface area contributed by atoms with Crippen LogP contribution in [-0.4, -0.2) is 24.1 Å². The molecule has 0 aliphatic rings. The highest BCUT2D eigenvalue weighted by Gasteiger charge is 2.17. The summed E-state index contributed by atoms with van der Waals surface area (Å²) in [5.74, 6) is 0.404. The van der Waals surface area contributed by atoms with E-state index in [0.29, 0.717) is 5.75 Å². The zero-order valence-electron chi connectivity index (χ0n) is 10.3. The van der Waals surface area contributed by atoms with Gasteiger partial charge in [0.05, 0.1) is 0 Å². The van der Waals surface area contributed by atoms with E-state index >= 15 is 0 Å². The monoisotopic (exact) mass is 207 g/mol. The van der Waals surface area contributed by atoms with Gasteiger partial charge in [0.2, 0.25) is 0 Å². The van der Waals surface area contributed by atoms with Gasteiger partial charge in [0.1, 0.15) is 5.75 Å². The molecule has 0 aliphatic heterocycles. The minimum atomic E-state index is 0.000724. The summed E-state index contributed by atoms with van der Waals surface area (Å²) in [7, 11) is 4.05. The maximum Gasteiger partial charge on any atom is 0.119 e. The lowest BCUT2D eigenvalue weighted by atomic mass is 9.86. The SMILES string of the molecule is CN(C)Cc1ccc(C(C)(C)C)c(O)c1. The van der Waals surface area contributed by atoms with Crippen LogP contribution in [0.4, 0.5) is 0 Å². The Morgan fingerprint density at radius 3 is 2.20 bits per heavy atom. The smallest absolute Gasteiger partial charge is 0.119 e. The lowest BCUT2D eigenvalue weighted by molar-refractivity contribution is 0.399. The van der Waals surface area contributed by atoms with E-state index in [0.717, 1.165) is 17.7 Å². The first-order valence-electron chi connectivity index (χ1n) is 5.28. The maximum atomic E-state index is 9.92. The van der Waals surface area contributed by atoms with E-state index in [2.05, 4.69) is 31.7 Å². The fourth-order valence-corrected chi connectivity index (χ4v) is 1.67. The molecule has 0 heterocycles. The molecule has 0 spiro atoms. The van der Waals surface area contributed by atoms with Crippen LogP contribution in [0.15, 0.2) is 18.2 Å². The van der Waals surface area contributed by atoms with Crippen LogP contribution in [0.2, 0.25) is 0 Å². The van der Waals surface area contributed by atoms with E-state index in [9.17, 15) is 5.11 Å². The molecule has 0 atom stereocenters. The number of phenols is 1. The Morgan fingerprint density at radius 2 is 1.80 bits per heavy atom. The van der Waals surface area contributed by atoms with Crippen molar-refractivity contribution in [3.8, 4) is 5.75 Å². The number of phenolic OH excluding ortho intramolecular Hbond substituents is 1. The average Bonchev–Trinajstić information content (AvgIpc) is 1.99. The van der Waals surface area contributed by atoms with Gasteiger partial charge in [0, 0.05) is 6.54 Å². The van der Waals surface area contributed by atoms with Crippen molar-refractivity contribution in [2.45, 2.75) is 32.7 Å². The van der Waals surface area contributed by atoms with E-state index in [1.807, 2.05) is 26.2 Å². The Morgan fingerprint density at radius 1 is 1.20 bits per heavy atom. The molecule has 0 bridgehead atoms. The minimum absolute atomic E-state index is 0.000724. The van der Waals surface area contributed by atoms with E-state index in [1.54, 1.807) is 0 Å². The Kier molecular flexibility index (Phi) is 3.40. The molecule has 2 heteroatoms. The molecule has 0 aromatic heterocycles. The van der Waals surface area contributed by atoms with Crippen molar-refractivity contribution in [3.05, 3.63) is 29.3 Å². The fourth-order valence-electron chi connectivity index (χ4n) is 1.67. The number of aromatic hydroxyl groups is 1. The van der Waals surface area contributed by atoms with E-state index in [-0.39, 0.29) is 5.41 Å². The second-order valence-electron chi connectivity index (χ2n) is 5.34. The van der Waals surface area contributed by atoms with Crippen molar-refractivity contribution in [2.24, 2.45) is 0 Å². The molecule has 0 unspecified atom stereocenters. The highest BCUT2D eigenvalue weighted by Crippen LogP contribution is 2.31. The molecule has 0 fully saturated rings. The van der Waals surface area contributed by atoms with Gasteiger partial charge in [-0.05, 0) is 36.7 Å². The van der Waals surface area contributed by atoms with Gasteiger partial charge >= 0.3 is 0 Å². The molecule has 84 valence electrons. The van der Waals surface area contributed by atoms with Gasteiger partial charge in [-0.3, -0.25) is 0 Å². The molecule has 0 amide bonds. The lowest BCUT2D eigenvalue weighted by Crippen LogP contribution is -2.13. The van der Waals surface area contributed by atoms with Crippen LogP contribution >= 0.6 is 0 Å². The van der Waals surface area contributed by atoms with Crippen molar-refractivity contribution in [2.75, 3.05) is 14.1 Å². The van der Waals surface area contributed by atoms with Gasteiger partial charge in [-0.25, -0.2) is 0 Å². The largest absolute Gasteiger partial charge is 0.508 e. The third-order valence-electron chi connectivity index (χ3n) is 2.37. The summed E-state index contributed by atoms with van der Waals surface area (Å²) in [5.41, 5.74) is 2.15. The quantitative estimate of drug-likeness (QED) is 0.806. The van der Waals surface area contributed by atoms with Crippen molar-refractivity contribution >= 4 is 0 Å². The van der Waals surface area contributed by atoms with Crippen LogP contribution in [0.25, 0.3) is 0 Å². The topological polar surface area (TPSA) is 23.5 Å². The van der Waals surface area contributed by atoms with Crippen LogP contribution in [0, 0.1) is 0 Å². The maximum absolute atomic E-state index is 9.92. The lowest BCUT2D eigenvalue weighted by Gasteiger charge is -2.21. The molecule has 1 aromatic rings. The molecule has 2 nitrogen and oxygen atoms in total. The number of rotatable bonds is 2. The summed E-state index contributed by atoms with van der Waals surface area (Å²) in [6, 6.07) is 5.97. The number of hydrogen-bond acceptors (Lipinski definition) is 2. The second-order valence-corrected chi connectivity index (χ2v) is 5.34. The number of hydrogen-bond donors (Lipinski definition) is 1. The van der Waals surface area contributed by atoms with Crippen LogP contribution in [-0.2, 0) is 12.0 Å². The van der Waals surface area contributed by atoms with Gasteiger partial charge in [-0.1, -0.05) is 32.9 Å². The average molecular weight is 207 g/mol. The van der Waals surface area contributed by atoms with Gasteiger partial charge in [0.25, 0.3) is 0 Å². The van der Waals surface area contributed by atoms with Crippen LogP contribution in [0.3, 0.4) is 0 Å². The molecular formula is C13H21NO. The van der Waals surface area contributed by atoms with Crippen LogP contribution in [0.1, 0.15) is 31.9 Å². The standard InChI is InChI=1S/C13H21NO/c1-13(2,3)11-7-6-10(8-12(11)15)9-14(4)5/h6-8,15H,9H2,1-5H3. The zero-order chi connectivity index (χ0) is 11.6. The Balaban J connectivity index is 2.99. The first-order chi connectivity index (χ1) is 6.80. The van der Waals surface area contributed by atoms with Gasteiger partial charge in [-0.2, -0.15) is 0 Å². The molecular weight excluding hydrogens is 186 g/mol. The molecule has 15 heavy (non-hydrogen) atoms. The van der Waals surface area contributed by atoms with Crippen molar-refractivity contribution in [1.29, 1.82) is 0 Å². The van der Waals surface area contributed by atoms with Gasteiger partial charge in [0.15, 0.2) is 0 Å². The fraction of sp³-hybridized carbons (Fsp3) is 0.538. The summed E-state index contributed by atoms with van der Waals surface area (Å²) in [4.78, 5) is 2.09. The van der Waals surface area contributed by atoms with Gasteiger partial charge in [-0.15, -0.1) is 0 Å². The van der Waals surface area contributed by atoms with E-state index in [4.69, 9.17) is 0 Å². The number of nitrogens with zero attached hydrogens (tertiary/aromatic N) is 1. The minimum Gasteiger partial charge on any atom is -0.508 e. The van der Waals surface area contributed by atoms with Crippen molar-refractivity contribution < 1.29 is 5.11 Å². The summed E-state index contributed by atoms with van der Waals surface area (Å²) in [5, 5.41) is 9.92. The molecule has 0 saturated carbocycles. The highest BCUT2D eigenvalue weighted by molar-refractivity contribution is 5.40. The van der Waals surface area contributed by atoms with E-state index < -0.39 is 0 Å². The molecule has 1 rings (SSSR count).